The second-order valence-corrected chi connectivity index (χ2v) is 8.12. The largest absolute Gasteiger partial charge is 0.481 e. The van der Waals surface area contributed by atoms with Gasteiger partial charge in [0, 0.05) is 6.54 Å². The van der Waals surface area contributed by atoms with E-state index in [1.165, 1.54) is 11.8 Å². The molecule has 0 rings (SSSR count). The van der Waals surface area contributed by atoms with Crippen molar-refractivity contribution < 1.29 is 39.3 Å². The summed E-state index contributed by atoms with van der Waals surface area (Å²) in [6, 6.07) is -5.44. The van der Waals surface area contributed by atoms with Crippen LogP contribution in [0.2, 0.25) is 0 Å². The standard InChI is InChI=1S/C18H33N7O8S/c1-34-6-4-9(19)14(29)23-10(3-2-5-22-18(20)21)15(30)25-12(8-26)16(31)24-11(17(32)33)7-13(27)28/h9-12,26H,2-8,19H2,1H3,(H,23,29)(H,24,31)(H,25,30)(H,27,28)(H,32,33)(H4,20,21,22). The van der Waals surface area contributed by atoms with Gasteiger partial charge in [-0.3, -0.25) is 24.2 Å². The lowest BCUT2D eigenvalue weighted by atomic mass is 10.1. The average molecular weight is 508 g/mol. The molecule has 0 aromatic carbocycles. The van der Waals surface area contributed by atoms with Crippen molar-refractivity contribution in [1.82, 2.24) is 16.0 Å². The second-order valence-electron chi connectivity index (χ2n) is 7.14. The van der Waals surface area contributed by atoms with E-state index in [9.17, 15) is 29.1 Å². The van der Waals surface area contributed by atoms with Crippen molar-refractivity contribution in [3.05, 3.63) is 0 Å². The molecule has 0 heterocycles. The molecule has 3 amide bonds. The van der Waals surface area contributed by atoms with Crippen LogP contribution >= 0.6 is 11.8 Å². The van der Waals surface area contributed by atoms with Gasteiger partial charge in [-0.2, -0.15) is 11.8 Å². The molecule has 4 unspecified atom stereocenters. The molecule has 0 radical (unpaired) electrons. The highest BCUT2D eigenvalue weighted by Crippen LogP contribution is 2.04. The van der Waals surface area contributed by atoms with Crippen molar-refractivity contribution in [3.63, 3.8) is 0 Å². The van der Waals surface area contributed by atoms with Gasteiger partial charge in [0.2, 0.25) is 17.7 Å². The first-order chi connectivity index (χ1) is 15.9. The fraction of sp³-hybridized carbons (Fsp3) is 0.667. The molecule has 0 aromatic heterocycles. The van der Waals surface area contributed by atoms with Crippen molar-refractivity contribution in [1.29, 1.82) is 0 Å². The highest BCUT2D eigenvalue weighted by Gasteiger charge is 2.30. The molecule has 0 fully saturated rings. The van der Waals surface area contributed by atoms with E-state index >= 15 is 0 Å². The van der Waals surface area contributed by atoms with Crippen LogP contribution in [0.3, 0.4) is 0 Å². The Kier molecular flexibility index (Phi) is 15.0. The Hall–Kier alpha value is -3.11. The summed E-state index contributed by atoms with van der Waals surface area (Å²) in [5, 5.41) is 34.0. The van der Waals surface area contributed by atoms with Crippen molar-refractivity contribution >= 4 is 47.4 Å². The second kappa shape index (κ2) is 16.5. The number of amides is 3. The van der Waals surface area contributed by atoms with Crippen molar-refractivity contribution in [2.24, 2.45) is 22.2 Å². The van der Waals surface area contributed by atoms with E-state index in [0.29, 0.717) is 12.2 Å². The third-order valence-electron chi connectivity index (χ3n) is 4.36. The number of guanidine groups is 1. The van der Waals surface area contributed by atoms with Gasteiger partial charge in [-0.05, 0) is 31.3 Å². The minimum Gasteiger partial charge on any atom is -0.481 e. The third-order valence-corrected chi connectivity index (χ3v) is 5.00. The molecule has 0 aliphatic carbocycles. The SMILES string of the molecule is CSCCC(N)C(=O)NC(CCCN=C(N)N)C(=O)NC(CO)C(=O)NC(CC(=O)O)C(=O)O. The van der Waals surface area contributed by atoms with Gasteiger partial charge in [-0.1, -0.05) is 0 Å². The van der Waals surface area contributed by atoms with Crippen molar-refractivity contribution in [2.75, 3.05) is 25.2 Å². The van der Waals surface area contributed by atoms with E-state index < -0.39 is 66.9 Å². The molecule has 0 saturated heterocycles. The monoisotopic (exact) mass is 507 g/mol. The molecule has 16 heteroatoms. The quantitative estimate of drug-likeness (QED) is 0.0519. The maximum Gasteiger partial charge on any atom is 0.326 e. The number of nitrogens with one attached hydrogen (secondary N) is 3. The molecule has 15 nitrogen and oxygen atoms in total. The topological polar surface area (TPSA) is 273 Å². The number of thioether (sulfide) groups is 1. The minimum absolute atomic E-state index is 0.0557. The molecule has 0 saturated carbocycles. The first-order valence-electron chi connectivity index (χ1n) is 10.2. The Labute approximate surface area is 200 Å². The number of aliphatic hydroxyl groups excluding tert-OH is 1. The van der Waals surface area contributed by atoms with E-state index in [0.717, 1.165) is 0 Å². The van der Waals surface area contributed by atoms with Crippen LogP contribution in [0.25, 0.3) is 0 Å². The highest BCUT2D eigenvalue weighted by atomic mass is 32.2. The Morgan fingerprint density at radius 1 is 0.912 bits per heavy atom. The fourth-order valence-corrected chi connectivity index (χ4v) is 3.03. The van der Waals surface area contributed by atoms with E-state index in [4.69, 9.17) is 27.4 Å². The number of rotatable bonds is 17. The van der Waals surface area contributed by atoms with Crippen LogP contribution in [0, 0.1) is 0 Å². The number of hydrogen-bond acceptors (Lipinski definition) is 9. The van der Waals surface area contributed by atoms with Crippen LogP contribution < -0.4 is 33.2 Å². The van der Waals surface area contributed by atoms with Crippen LogP contribution in [0.15, 0.2) is 4.99 Å². The lowest BCUT2D eigenvalue weighted by Gasteiger charge is -2.24. The van der Waals surface area contributed by atoms with Gasteiger partial charge in [0.05, 0.1) is 19.1 Å². The number of carboxylic acid groups (broad SMARTS) is 2. The Morgan fingerprint density at radius 2 is 1.47 bits per heavy atom. The van der Waals surface area contributed by atoms with Gasteiger partial charge < -0.3 is 48.5 Å². The van der Waals surface area contributed by atoms with Crippen LogP contribution in [-0.4, -0.2) is 100 Å². The van der Waals surface area contributed by atoms with Gasteiger partial charge in [0.15, 0.2) is 5.96 Å². The predicted molar refractivity (Wildman–Crippen MR) is 124 cm³/mol. The fourth-order valence-electron chi connectivity index (χ4n) is 2.54. The lowest BCUT2D eigenvalue weighted by Crippen LogP contribution is -2.58. The number of carbonyl (C=O) groups excluding carboxylic acids is 3. The average Bonchev–Trinajstić information content (AvgIpc) is 2.76. The molecular weight excluding hydrogens is 474 g/mol. The van der Waals surface area contributed by atoms with Gasteiger partial charge in [0.25, 0.3) is 0 Å². The van der Waals surface area contributed by atoms with Crippen molar-refractivity contribution in [2.45, 2.75) is 49.9 Å². The zero-order valence-electron chi connectivity index (χ0n) is 18.7. The number of aliphatic hydroxyl groups is 1. The molecule has 34 heavy (non-hydrogen) atoms. The molecule has 0 spiro atoms. The Bertz CT molecular complexity index is 748. The summed E-state index contributed by atoms with van der Waals surface area (Å²) in [5.41, 5.74) is 16.3. The lowest BCUT2D eigenvalue weighted by molar-refractivity contribution is -0.147. The maximum absolute atomic E-state index is 12.8. The highest BCUT2D eigenvalue weighted by molar-refractivity contribution is 7.98. The smallest absolute Gasteiger partial charge is 0.326 e. The zero-order chi connectivity index (χ0) is 26.3. The number of carboxylic acids is 2. The first-order valence-corrected chi connectivity index (χ1v) is 11.6. The van der Waals surface area contributed by atoms with Crippen LogP contribution in [0.1, 0.15) is 25.7 Å². The van der Waals surface area contributed by atoms with Gasteiger partial charge in [-0.25, -0.2) is 4.79 Å². The van der Waals surface area contributed by atoms with Crippen LogP contribution in [-0.2, 0) is 24.0 Å². The molecule has 194 valence electrons. The summed E-state index contributed by atoms with van der Waals surface area (Å²) >= 11 is 1.49. The molecule has 0 aliphatic rings. The number of nitrogens with two attached hydrogens (primary N) is 3. The normalized spacial score (nSPS) is 14.1. The zero-order valence-corrected chi connectivity index (χ0v) is 19.5. The van der Waals surface area contributed by atoms with E-state index in [1.807, 2.05) is 11.6 Å². The summed E-state index contributed by atoms with van der Waals surface area (Å²) in [6.45, 7) is -0.765. The molecule has 4 atom stereocenters. The molecule has 0 aliphatic heterocycles. The summed E-state index contributed by atoms with van der Waals surface area (Å²) in [5.74, 6) is -5.20. The Morgan fingerprint density at radius 3 is 1.97 bits per heavy atom. The van der Waals surface area contributed by atoms with Crippen molar-refractivity contribution in [3.8, 4) is 0 Å². The van der Waals surface area contributed by atoms with Crippen LogP contribution in [0.4, 0.5) is 0 Å². The van der Waals surface area contributed by atoms with Gasteiger partial charge in [0.1, 0.15) is 18.1 Å². The number of carbonyl (C=O) groups is 5. The predicted octanol–water partition coefficient (Wildman–Crippen LogP) is -3.87. The van der Waals surface area contributed by atoms with E-state index in [2.05, 4.69) is 15.6 Å². The molecular formula is C18H33N7O8S. The Balaban J connectivity index is 5.33. The summed E-state index contributed by atoms with van der Waals surface area (Å²) in [4.78, 5) is 63.2. The van der Waals surface area contributed by atoms with E-state index in [-0.39, 0.29) is 25.3 Å². The number of aliphatic carboxylic acids is 2. The molecule has 12 N–H and O–H groups in total. The first kappa shape index (κ1) is 30.9. The van der Waals surface area contributed by atoms with Gasteiger partial charge in [-0.15, -0.1) is 0 Å². The minimum atomic E-state index is -1.78. The van der Waals surface area contributed by atoms with Gasteiger partial charge >= 0.3 is 11.9 Å². The number of nitrogens with zero attached hydrogens (tertiary/aromatic N) is 1. The van der Waals surface area contributed by atoms with E-state index in [1.54, 1.807) is 0 Å². The maximum atomic E-state index is 12.8. The van der Waals surface area contributed by atoms with Crippen LogP contribution in [0.5, 0.6) is 0 Å². The number of aliphatic imine (C=N–C) groups is 1. The summed E-state index contributed by atoms with van der Waals surface area (Å²) in [7, 11) is 0. The third kappa shape index (κ3) is 12.8. The molecule has 0 bridgehead atoms. The summed E-state index contributed by atoms with van der Waals surface area (Å²) in [6.07, 6.45) is 1.61. The number of hydrogen-bond donors (Lipinski definition) is 9. The molecule has 0 aromatic rings. The summed E-state index contributed by atoms with van der Waals surface area (Å²) < 4.78 is 0.